The molecular weight excluding hydrogens is 304 g/mol. The molecule has 3 aromatic rings. The highest BCUT2D eigenvalue weighted by Gasteiger charge is 2.17. The molecule has 0 unspecified atom stereocenters. The van der Waals surface area contributed by atoms with E-state index in [9.17, 15) is 0 Å². The monoisotopic (exact) mass is 320 g/mol. The van der Waals surface area contributed by atoms with Gasteiger partial charge in [0.2, 0.25) is 0 Å². The Morgan fingerprint density at radius 3 is 2.70 bits per heavy atom. The van der Waals surface area contributed by atoms with Gasteiger partial charge in [0.1, 0.15) is 5.65 Å². The number of aromatic nitrogens is 2. The Labute approximate surface area is 141 Å². The van der Waals surface area contributed by atoms with Crippen LogP contribution in [0.3, 0.4) is 0 Å². The van der Waals surface area contributed by atoms with E-state index < -0.39 is 0 Å². The molecule has 2 heterocycles. The number of nitrogens with zero attached hydrogens (tertiary/aromatic N) is 2. The minimum absolute atomic E-state index is 0.706. The summed E-state index contributed by atoms with van der Waals surface area (Å²) < 4.78 is 2.07. The van der Waals surface area contributed by atoms with Gasteiger partial charge in [0.15, 0.2) is 0 Å². The van der Waals surface area contributed by atoms with E-state index in [2.05, 4.69) is 11.0 Å². The van der Waals surface area contributed by atoms with Crippen LogP contribution in [-0.2, 0) is 0 Å². The van der Waals surface area contributed by atoms with Gasteiger partial charge in [-0.05, 0) is 25.1 Å². The van der Waals surface area contributed by atoms with Crippen molar-refractivity contribution in [2.45, 2.75) is 6.92 Å². The summed E-state index contributed by atoms with van der Waals surface area (Å²) in [6, 6.07) is 13.8. The van der Waals surface area contributed by atoms with E-state index in [0.29, 0.717) is 5.02 Å². The van der Waals surface area contributed by atoms with Gasteiger partial charge in [0.05, 0.1) is 11.4 Å². The molecule has 0 N–H and O–H groups in total. The lowest BCUT2D eigenvalue weighted by Gasteiger charge is -2.08. The third kappa shape index (κ3) is 2.86. The van der Waals surface area contributed by atoms with E-state index in [1.807, 2.05) is 73.8 Å². The van der Waals surface area contributed by atoms with Gasteiger partial charge in [0, 0.05) is 22.4 Å². The molecule has 1 aromatic carbocycles. The number of halogens is 1. The van der Waals surface area contributed by atoms with Crippen molar-refractivity contribution in [2.75, 3.05) is 0 Å². The Morgan fingerprint density at radius 1 is 1.17 bits per heavy atom. The van der Waals surface area contributed by atoms with Crippen molar-refractivity contribution in [3.8, 4) is 11.3 Å². The summed E-state index contributed by atoms with van der Waals surface area (Å²) in [6.07, 6.45) is 9.77. The fraction of sp³-hybridized carbons (Fsp3) is 0.0500. The predicted octanol–water partition coefficient (Wildman–Crippen LogP) is 5.80. The van der Waals surface area contributed by atoms with Gasteiger partial charge in [-0.2, -0.15) is 0 Å². The number of pyridine rings is 1. The molecule has 0 aliphatic carbocycles. The summed E-state index contributed by atoms with van der Waals surface area (Å²) in [7, 11) is 0. The van der Waals surface area contributed by atoms with Crippen molar-refractivity contribution in [2.24, 2.45) is 0 Å². The molecule has 2 aromatic heterocycles. The molecule has 0 fully saturated rings. The predicted molar refractivity (Wildman–Crippen MR) is 98.6 cm³/mol. The lowest BCUT2D eigenvalue weighted by atomic mass is 10.0. The van der Waals surface area contributed by atoms with Crippen molar-refractivity contribution in [1.29, 1.82) is 0 Å². The van der Waals surface area contributed by atoms with Crippen LogP contribution in [-0.4, -0.2) is 9.38 Å². The molecule has 0 aliphatic heterocycles. The highest BCUT2D eigenvalue weighted by Crippen LogP contribution is 2.34. The summed E-state index contributed by atoms with van der Waals surface area (Å²) in [6.45, 7) is 5.80. The zero-order valence-electron chi connectivity index (χ0n) is 12.9. The molecule has 2 nitrogen and oxygen atoms in total. The number of hydrogen-bond acceptors (Lipinski definition) is 1. The molecule has 23 heavy (non-hydrogen) atoms. The normalized spacial score (nSPS) is 12.2. The lowest BCUT2D eigenvalue weighted by Crippen LogP contribution is -1.91. The summed E-state index contributed by atoms with van der Waals surface area (Å²) in [4.78, 5) is 4.80. The molecule has 0 atom stereocenters. The maximum Gasteiger partial charge on any atom is 0.137 e. The summed E-state index contributed by atoms with van der Waals surface area (Å²) in [5.41, 5.74) is 4.72. The first-order chi connectivity index (χ1) is 11.3. The van der Waals surface area contributed by atoms with E-state index in [-0.39, 0.29) is 0 Å². The number of hydrogen-bond donors (Lipinski definition) is 0. The molecule has 3 rings (SSSR count). The maximum absolute atomic E-state index is 6.45. The third-order valence-electron chi connectivity index (χ3n) is 3.58. The smallest absolute Gasteiger partial charge is 0.137 e. The minimum atomic E-state index is 0.706. The van der Waals surface area contributed by atoms with Gasteiger partial charge >= 0.3 is 0 Å². The van der Waals surface area contributed by atoms with Gasteiger partial charge in [-0.3, -0.25) is 4.40 Å². The fourth-order valence-electron chi connectivity index (χ4n) is 2.63. The molecule has 0 amide bonds. The van der Waals surface area contributed by atoms with Gasteiger partial charge in [0.25, 0.3) is 0 Å². The van der Waals surface area contributed by atoms with Gasteiger partial charge in [-0.1, -0.05) is 66.7 Å². The Morgan fingerprint density at radius 2 is 1.96 bits per heavy atom. The SMILES string of the molecule is C=C/C=C(\C=C/C)c1nc2ccccn2c1-c1ccccc1Cl. The number of rotatable bonds is 4. The van der Waals surface area contributed by atoms with Gasteiger partial charge < -0.3 is 0 Å². The second-order valence-corrected chi connectivity index (χ2v) is 5.48. The van der Waals surface area contributed by atoms with Crippen LogP contribution >= 0.6 is 11.6 Å². The number of benzene rings is 1. The fourth-order valence-corrected chi connectivity index (χ4v) is 2.85. The van der Waals surface area contributed by atoms with Crippen LogP contribution in [0, 0.1) is 0 Å². The second-order valence-electron chi connectivity index (χ2n) is 5.08. The molecule has 0 saturated heterocycles. The highest BCUT2D eigenvalue weighted by atomic mass is 35.5. The quantitative estimate of drug-likeness (QED) is 0.555. The largest absolute Gasteiger partial charge is 0.299 e. The van der Waals surface area contributed by atoms with E-state index in [1.165, 1.54) is 0 Å². The van der Waals surface area contributed by atoms with E-state index >= 15 is 0 Å². The molecule has 0 radical (unpaired) electrons. The van der Waals surface area contributed by atoms with Crippen molar-refractivity contribution in [3.63, 3.8) is 0 Å². The zero-order chi connectivity index (χ0) is 16.2. The maximum atomic E-state index is 6.45. The van der Waals surface area contributed by atoms with Gasteiger partial charge in [-0.25, -0.2) is 4.98 Å². The average molecular weight is 321 g/mol. The van der Waals surface area contributed by atoms with Crippen LogP contribution in [0.4, 0.5) is 0 Å². The molecule has 114 valence electrons. The van der Waals surface area contributed by atoms with Crippen LogP contribution in [0.2, 0.25) is 5.02 Å². The minimum Gasteiger partial charge on any atom is -0.299 e. The van der Waals surface area contributed by atoms with Crippen molar-refractivity contribution in [3.05, 3.63) is 90.3 Å². The Balaban J connectivity index is 2.39. The molecule has 0 bridgehead atoms. The number of imidazole rings is 1. The second kappa shape index (κ2) is 6.67. The first-order valence-electron chi connectivity index (χ1n) is 7.44. The summed E-state index contributed by atoms with van der Waals surface area (Å²) in [5, 5.41) is 0.706. The van der Waals surface area contributed by atoms with Crippen molar-refractivity contribution < 1.29 is 0 Å². The van der Waals surface area contributed by atoms with Crippen LogP contribution < -0.4 is 0 Å². The van der Waals surface area contributed by atoms with Gasteiger partial charge in [-0.15, -0.1) is 0 Å². The molecular formula is C20H17ClN2. The van der Waals surface area contributed by atoms with Crippen LogP contribution in [0.25, 0.3) is 22.5 Å². The first-order valence-corrected chi connectivity index (χ1v) is 7.82. The topological polar surface area (TPSA) is 17.3 Å². The zero-order valence-corrected chi connectivity index (χ0v) is 13.7. The van der Waals surface area contributed by atoms with E-state index in [4.69, 9.17) is 16.6 Å². The van der Waals surface area contributed by atoms with Crippen molar-refractivity contribution >= 4 is 22.8 Å². The average Bonchev–Trinajstić information content (AvgIpc) is 2.94. The van der Waals surface area contributed by atoms with Crippen LogP contribution in [0.1, 0.15) is 12.6 Å². The summed E-state index contributed by atoms with van der Waals surface area (Å²) >= 11 is 6.45. The standard InChI is InChI=1S/C20H17ClN2/c1-3-9-15(10-4-2)19-20(16-11-5-6-12-17(16)21)23-14-8-7-13-18(23)22-19/h3-14H,1H2,2H3/b10-4-,15-9+. The van der Waals surface area contributed by atoms with E-state index in [1.54, 1.807) is 6.08 Å². The highest BCUT2D eigenvalue weighted by molar-refractivity contribution is 6.33. The van der Waals surface area contributed by atoms with Crippen LogP contribution in [0.15, 0.2) is 79.5 Å². The Hall–Kier alpha value is -2.58. The Kier molecular flexibility index (Phi) is 4.45. The Bertz CT molecular complexity index is 916. The molecule has 0 saturated carbocycles. The third-order valence-corrected chi connectivity index (χ3v) is 3.91. The molecule has 0 spiro atoms. The van der Waals surface area contributed by atoms with Crippen LogP contribution in [0.5, 0.6) is 0 Å². The summed E-state index contributed by atoms with van der Waals surface area (Å²) in [5.74, 6) is 0. The molecule has 3 heteroatoms. The number of allylic oxidation sites excluding steroid dienone is 5. The molecule has 0 aliphatic rings. The first kappa shape index (κ1) is 15.3. The van der Waals surface area contributed by atoms with Crippen molar-refractivity contribution in [1.82, 2.24) is 9.38 Å². The number of fused-ring (bicyclic) bond motifs is 1. The lowest BCUT2D eigenvalue weighted by molar-refractivity contribution is 1.19. The van der Waals surface area contributed by atoms with E-state index in [0.717, 1.165) is 28.2 Å².